The highest BCUT2D eigenvalue weighted by atomic mass is 32.2. The summed E-state index contributed by atoms with van der Waals surface area (Å²) >= 11 is 6.59. The first-order valence-electron chi connectivity index (χ1n) is 7.87. The number of aliphatic hydroxyl groups is 2. The molecule has 2 saturated heterocycles. The van der Waals surface area contributed by atoms with Crippen LogP contribution in [0.2, 0.25) is 0 Å². The number of thiocarbonyl (C=S) groups is 1. The van der Waals surface area contributed by atoms with E-state index >= 15 is 0 Å². The standard InChI is InChI=1S/C15H20N2O5S2/c1-6-10-9(7(2)18)13(20)17(10)11(14(21)22)12(6)24-15(23)16-4-3-8(19)5-16/h6-10,18-19H,3-5H2,1-2H3,(H,21,22)/t6-,7-,8?,9-,10-/m1/s1. The van der Waals surface area contributed by atoms with Crippen LogP contribution in [-0.4, -0.2) is 72.7 Å². The lowest BCUT2D eigenvalue weighted by Crippen LogP contribution is -2.63. The zero-order chi connectivity index (χ0) is 17.8. The molecule has 7 nitrogen and oxygen atoms in total. The molecule has 3 N–H and O–H groups in total. The third kappa shape index (κ3) is 2.63. The molecule has 5 atom stereocenters. The zero-order valence-corrected chi connectivity index (χ0v) is 15.0. The van der Waals surface area contributed by atoms with E-state index in [2.05, 4.69) is 0 Å². The maximum Gasteiger partial charge on any atom is 0.353 e. The van der Waals surface area contributed by atoms with Crippen LogP contribution in [0.25, 0.3) is 0 Å². The Morgan fingerprint density at radius 1 is 1.46 bits per heavy atom. The second kappa shape index (κ2) is 6.29. The number of hydrogen-bond acceptors (Lipinski definition) is 6. The van der Waals surface area contributed by atoms with Gasteiger partial charge in [-0.1, -0.05) is 30.9 Å². The molecule has 3 aliphatic heterocycles. The van der Waals surface area contributed by atoms with Crippen LogP contribution in [0.3, 0.4) is 0 Å². The van der Waals surface area contributed by atoms with Gasteiger partial charge in [0.1, 0.15) is 10.0 Å². The van der Waals surface area contributed by atoms with Gasteiger partial charge < -0.3 is 25.1 Å². The Balaban J connectivity index is 1.84. The predicted molar refractivity (Wildman–Crippen MR) is 92.0 cm³/mol. The van der Waals surface area contributed by atoms with E-state index in [1.165, 1.54) is 16.7 Å². The van der Waals surface area contributed by atoms with Crippen molar-refractivity contribution in [2.75, 3.05) is 13.1 Å². The number of thioether (sulfide) groups is 1. The molecule has 0 radical (unpaired) electrons. The van der Waals surface area contributed by atoms with E-state index in [0.717, 1.165) is 0 Å². The van der Waals surface area contributed by atoms with Gasteiger partial charge in [0.05, 0.1) is 24.2 Å². The first kappa shape index (κ1) is 17.7. The average Bonchev–Trinajstić information content (AvgIpc) is 3.01. The van der Waals surface area contributed by atoms with Crippen molar-refractivity contribution in [3.8, 4) is 0 Å². The number of amides is 1. The van der Waals surface area contributed by atoms with Crippen LogP contribution >= 0.6 is 24.0 Å². The van der Waals surface area contributed by atoms with Gasteiger partial charge in [0.15, 0.2) is 0 Å². The molecule has 0 aromatic carbocycles. The van der Waals surface area contributed by atoms with Crippen molar-refractivity contribution < 1.29 is 24.9 Å². The summed E-state index contributed by atoms with van der Waals surface area (Å²) in [5.41, 5.74) is -0.0264. The second-order valence-corrected chi connectivity index (χ2v) is 8.20. The SMILES string of the molecule is C[C@@H](O)[C@H]1C(=O)N2C(C(=O)O)=C(SC(=S)N3CCC(O)C3)[C@H](C)[C@H]12. The number of β-amino-alcohol motifs (C(OH)–C–C–N with tert-alkyl or cyclic N) is 1. The lowest BCUT2D eigenvalue weighted by atomic mass is 9.79. The topological polar surface area (TPSA) is 101 Å². The fraction of sp³-hybridized carbons (Fsp3) is 0.667. The van der Waals surface area contributed by atoms with Crippen molar-refractivity contribution in [1.29, 1.82) is 0 Å². The van der Waals surface area contributed by atoms with E-state index in [9.17, 15) is 24.9 Å². The zero-order valence-electron chi connectivity index (χ0n) is 13.4. The predicted octanol–water partition coefficient (Wildman–Crippen LogP) is 0.225. The van der Waals surface area contributed by atoms with Gasteiger partial charge in [-0.2, -0.15) is 0 Å². The summed E-state index contributed by atoms with van der Waals surface area (Å²) in [6, 6.07) is -0.335. The van der Waals surface area contributed by atoms with Crippen LogP contribution in [-0.2, 0) is 9.59 Å². The number of rotatable bonds is 3. The molecule has 132 valence electrons. The van der Waals surface area contributed by atoms with Gasteiger partial charge in [-0.05, 0) is 13.3 Å². The first-order valence-corrected chi connectivity index (χ1v) is 9.10. The lowest BCUT2D eigenvalue weighted by molar-refractivity contribution is -0.163. The Kier molecular flexibility index (Phi) is 4.63. The quantitative estimate of drug-likeness (QED) is 0.478. The number of carboxylic acids is 1. The molecule has 2 fully saturated rings. The van der Waals surface area contributed by atoms with Crippen LogP contribution in [0.15, 0.2) is 10.6 Å². The molecule has 1 unspecified atom stereocenters. The Morgan fingerprint density at radius 3 is 2.62 bits per heavy atom. The summed E-state index contributed by atoms with van der Waals surface area (Å²) in [6.45, 7) is 4.49. The number of carbonyl (C=O) groups is 2. The van der Waals surface area contributed by atoms with E-state index in [-0.39, 0.29) is 23.6 Å². The highest BCUT2D eigenvalue weighted by Crippen LogP contribution is 2.50. The molecule has 24 heavy (non-hydrogen) atoms. The molecule has 0 saturated carbocycles. The van der Waals surface area contributed by atoms with Gasteiger partial charge in [-0.25, -0.2) is 4.79 Å². The van der Waals surface area contributed by atoms with E-state index in [1.54, 1.807) is 6.92 Å². The Hall–Kier alpha value is -1.16. The molecule has 1 amide bonds. The summed E-state index contributed by atoms with van der Waals surface area (Å²) < 4.78 is 0.510. The van der Waals surface area contributed by atoms with Gasteiger partial charge in [0.2, 0.25) is 5.91 Å². The lowest BCUT2D eigenvalue weighted by Gasteiger charge is -2.46. The molecule has 0 aromatic rings. The third-order valence-corrected chi connectivity index (χ3v) is 6.66. The number of nitrogens with zero attached hydrogens (tertiary/aromatic N) is 2. The fourth-order valence-corrected chi connectivity index (χ4v) is 5.25. The molecule has 0 aromatic heterocycles. The smallest absolute Gasteiger partial charge is 0.353 e. The summed E-state index contributed by atoms with van der Waals surface area (Å²) in [6.07, 6.45) is -0.599. The molecule has 0 spiro atoms. The molecule has 3 heterocycles. The van der Waals surface area contributed by atoms with Crippen LogP contribution in [0, 0.1) is 11.8 Å². The Labute approximate surface area is 149 Å². The minimum Gasteiger partial charge on any atom is -0.477 e. The fourth-order valence-electron chi connectivity index (χ4n) is 3.72. The van der Waals surface area contributed by atoms with E-state index in [1.807, 2.05) is 11.8 Å². The molecule has 3 rings (SSSR count). The van der Waals surface area contributed by atoms with Crippen molar-refractivity contribution in [1.82, 2.24) is 9.80 Å². The number of aliphatic carboxylic acids is 1. The number of carboxylic acid groups (broad SMARTS) is 1. The normalized spacial score (nSPS) is 33.6. The van der Waals surface area contributed by atoms with Crippen molar-refractivity contribution in [2.24, 2.45) is 11.8 Å². The summed E-state index contributed by atoms with van der Waals surface area (Å²) in [5.74, 6) is -2.29. The van der Waals surface area contributed by atoms with E-state index in [0.29, 0.717) is 28.7 Å². The monoisotopic (exact) mass is 372 g/mol. The summed E-state index contributed by atoms with van der Waals surface area (Å²) in [7, 11) is 0. The average molecular weight is 372 g/mol. The maximum atomic E-state index is 12.3. The molecular formula is C15H20N2O5S2. The number of aliphatic hydroxyl groups excluding tert-OH is 2. The summed E-state index contributed by atoms with van der Waals surface area (Å²) in [5, 5.41) is 29.0. The molecular weight excluding hydrogens is 352 g/mol. The van der Waals surface area contributed by atoms with E-state index < -0.39 is 24.1 Å². The number of β-lactam (4-membered cyclic amide) rings is 1. The number of carbonyl (C=O) groups excluding carboxylic acids is 1. The van der Waals surface area contributed by atoms with Crippen LogP contribution in [0.4, 0.5) is 0 Å². The molecule has 0 bridgehead atoms. The van der Waals surface area contributed by atoms with Gasteiger partial charge in [-0.15, -0.1) is 0 Å². The largest absolute Gasteiger partial charge is 0.477 e. The van der Waals surface area contributed by atoms with Crippen molar-refractivity contribution in [2.45, 2.75) is 38.5 Å². The van der Waals surface area contributed by atoms with Crippen molar-refractivity contribution >= 4 is 40.2 Å². The van der Waals surface area contributed by atoms with E-state index in [4.69, 9.17) is 12.2 Å². The third-order valence-electron chi connectivity index (χ3n) is 4.93. The molecule has 9 heteroatoms. The van der Waals surface area contributed by atoms with Gasteiger partial charge >= 0.3 is 5.97 Å². The highest BCUT2D eigenvalue weighted by molar-refractivity contribution is 8.25. The van der Waals surface area contributed by atoms with Gasteiger partial charge in [0, 0.05) is 23.9 Å². The number of likely N-dealkylation sites (tertiary alicyclic amines) is 1. The Morgan fingerprint density at radius 2 is 2.12 bits per heavy atom. The van der Waals surface area contributed by atoms with Crippen LogP contribution in [0.1, 0.15) is 20.3 Å². The van der Waals surface area contributed by atoms with Crippen LogP contribution in [0.5, 0.6) is 0 Å². The molecule has 3 aliphatic rings. The summed E-state index contributed by atoms with van der Waals surface area (Å²) in [4.78, 5) is 27.7. The second-order valence-electron chi connectivity index (χ2n) is 6.53. The number of hydrogen-bond donors (Lipinski definition) is 3. The first-order chi connectivity index (χ1) is 11.2. The van der Waals surface area contributed by atoms with Crippen molar-refractivity contribution in [3.63, 3.8) is 0 Å². The van der Waals surface area contributed by atoms with Gasteiger partial charge in [0.25, 0.3) is 0 Å². The Bertz CT molecular complexity index is 635. The minimum absolute atomic E-state index is 0.0264. The number of fused-ring (bicyclic) bond motifs is 1. The van der Waals surface area contributed by atoms with Crippen molar-refractivity contribution in [3.05, 3.63) is 10.6 Å². The van der Waals surface area contributed by atoms with Gasteiger partial charge in [-0.3, -0.25) is 4.79 Å². The molecule has 0 aliphatic carbocycles. The minimum atomic E-state index is -1.16. The van der Waals surface area contributed by atoms with Crippen LogP contribution < -0.4 is 0 Å². The highest BCUT2D eigenvalue weighted by Gasteiger charge is 2.60. The maximum absolute atomic E-state index is 12.3.